The first-order valence-corrected chi connectivity index (χ1v) is 25.6. The van der Waals surface area contributed by atoms with Crippen molar-refractivity contribution in [2.75, 3.05) is 9.80 Å². The number of benzene rings is 9. The zero-order valence-electron chi connectivity index (χ0n) is 39.5. The lowest BCUT2D eigenvalue weighted by atomic mass is 9.77. The molecule has 3 heteroatoms. The zero-order valence-corrected chi connectivity index (χ0v) is 40.3. The third-order valence-corrected chi connectivity index (χ3v) is 17.0. The Labute approximate surface area is 411 Å². The van der Waals surface area contributed by atoms with Gasteiger partial charge in [0.25, 0.3) is 0 Å². The van der Waals surface area contributed by atoms with E-state index < -0.39 is 0 Å². The van der Waals surface area contributed by atoms with Crippen LogP contribution in [0.2, 0.25) is 0 Å². The summed E-state index contributed by atoms with van der Waals surface area (Å²) in [5.74, 6) is 0. The van der Waals surface area contributed by atoms with Crippen molar-refractivity contribution in [1.29, 1.82) is 0 Å². The highest BCUT2D eigenvalue weighted by atomic mass is 32.2. The molecule has 2 unspecified atom stereocenters. The fraction of sp³-hybridized carbons (Fsp3) is 0.152. The predicted octanol–water partition coefficient (Wildman–Crippen LogP) is 18.3. The van der Waals surface area contributed by atoms with E-state index in [0.717, 1.165) is 42.7 Å². The number of hydrogen-bond donors (Lipinski definition) is 0. The van der Waals surface area contributed by atoms with Crippen molar-refractivity contribution in [3.63, 3.8) is 0 Å². The van der Waals surface area contributed by atoms with E-state index in [9.17, 15) is 0 Å². The van der Waals surface area contributed by atoms with Gasteiger partial charge in [0.15, 0.2) is 0 Å². The maximum absolute atomic E-state index is 2.70. The Kier molecular flexibility index (Phi) is 9.96. The highest BCUT2D eigenvalue weighted by Gasteiger charge is 2.40. The molecule has 69 heavy (non-hydrogen) atoms. The molecule has 3 aliphatic carbocycles. The summed E-state index contributed by atoms with van der Waals surface area (Å²) in [6.45, 7) is 7.32. The Morgan fingerprint density at radius 3 is 1.91 bits per heavy atom. The van der Waals surface area contributed by atoms with Crippen molar-refractivity contribution in [2.45, 2.75) is 67.6 Å². The van der Waals surface area contributed by atoms with Gasteiger partial charge in [0, 0.05) is 49.2 Å². The highest BCUT2D eigenvalue weighted by molar-refractivity contribution is 8.00. The summed E-state index contributed by atoms with van der Waals surface area (Å²) in [5.41, 5.74) is 19.4. The largest absolute Gasteiger partial charge is 0.335 e. The molecule has 1 aliphatic heterocycles. The summed E-state index contributed by atoms with van der Waals surface area (Å²) in [7, 11) is 0. The minimum atomic E-state index is -0.218. The molecule has 9 aromatic carbocycles. The third-order valence-electron chi connectivity index (χ3n) is 15.7. The van der Waals surface area contributed by atoms with Crippen LogP contribution < -0.4 is 9.80 Å². The second-order valence-electron chi connectivity index (χ2n) is 20.1. The molecule has 0 fully saturated rings. The van der Waals surface area contributed by atoms with Gasteiger partial charge in [-0.1, -0.05) is 166 Å². The van der Waals surface area contributed by atoms with Crippen molar-refractivity contribution in [3.8, 4) is 22.3 Å². The van der Waals surface area contributed by atoms with Gasteiger partial charge in [-0.2, -0.15) is 0 Å². The first-order valence-electron chi connectivity index (χ1n) is 24.7. The van der Waals surface area contributed by atoms with Crippen molar-refractivity contribution in [2.24, 2.45) is 0 Å². The molecule has 2 atom stereocenters. The fourth-order valence-corrected chi connectivity index (χ4v) is 13.6. The molecule has 0 saturated carbocycles. The minimum Gasteiger partial charge on any atom is -0.335 e. The van der Waals surface area contributed by atoms with Crippen molar-refractivity contribution in [3.05, 3.63) is 246 Å². The van der Waals surface area contributed by atoms with E-state index in [4.69, 9.17) is 0 Å². The molecule has 0 amide bonds. The van der Waals surface area contributed by atoms with Crippen LogP contribution in [0.3, 0.4) is 0 Å². The molecule has 0 bridgehead atoms. The van der Waals surface area contributed by atoms with Crippen LogP contribution >= 0.6 is 11.8 Å². The van der Waals surface area contributed by atoms with Crippen LogP contribution in [0.15, 0.2) is 234 Å². The number of rotatable bonds is 8. The summed E-state index contributed by atoms with van der Waals surface area (Å²) < 4.78 is 0. The van der Waals surface area contributed by atoms with E-state index in [1.54, 1.807) is 5.57 Å². The summed E-state index contributed by atoms with van der Waals surface area (Å²) in [4.78, 5) is 6.50. The van der Waals surface area contributed by atoms with Gasteiger partial charge in [-0.3, -0.25) is 0 Å². The maximum atomic E-state index is 2.70. The summed E-state index contributed by atoms with van der Waals surface area (Å²) in [6, 6.07) is 74.6. The van der Waals surface area contributed by atoms with Crippen LogP contribution in [0, 0.1) is 0 Å². The molecular weight excluding hydrogens is 853 g/mol. The molecule has 2 nitrogen and oxygen atoms in total. The number of fused-ring (bicyclic) bond motifs is 9. The fourth-order valence-electron chi connectivity index (χ4n) is 12.2. The van der Waals surface area contributed by atoms with Crippen molar-refractivity contribution in [1.82, 2.24) is 0 Å². The number of thioether (sulfide) groups is 1. The van der Waals surface area contributed by atoms with Crippen molar-refractivity contribution < 1.29 is 0 Å². The molecule has 0 spiro atoms. The monoisotopic (exact) mass is 906 g/mol. The molecule has 334 valence electrons. The molecule has 9 aromatic rings. The highest BCUT2D eigenvalue weighted by Crippen LogP contribution is 2.55. The average molecular weight is 907 g/mol. The van der Waals surface area contributed by atoms with Gasteiger partial charge in [-0.05, 0) is 171 Å². The van der Waals surface area contributed by atoms with Gasteiger partial charge in [0.2, 0.25) is 0 Å². The predicted molar refractivity (Wildman–Crippen MR) is 295 cm³/mol. The Morgan fingerprint density at radius 1 is 0.536 bits per heavy atom. The van der Waals surface area contributed by atoms with Gasteiger partial charge < -0.3 is 9.80 Å². The van der Waals surface area contributed by atoms with E-state index in [2.05, 4.69) is 249 Å². The van der Waals surface area contributed by atoms with Gasteiger partial charge in [-0.15, -0.1) is 11.8 Å². The number of nitrogens with zero attached hydrogens (tertiary/aromatic N) is 2. The normalized spacial score (nSPS) is 18.7. The molecule has 0 N–H and O–H groups in total. The van der Waals surface area contributed by atoms with Crippen LogP contribution in [0.5, 0.6) is 0 Å². The lowest BCUT2D eigenvalue weighted by Crippen LogP contribution is -2.44. The smallest absolute Gasteiger partial charge is 0.0502 e. The van der Waals surface area contributed by atoms with Gasteiger partial charge in [0.1, 0.15) is 0 Å². The van der Waals surface area contributed by atoms with Gasteiger partial charge in [-0.25, -0.2) is 0 Å². The van der Waals surface area contributed by atoms with Gasteiger partial charge in [0.05, 0.1) is 5.69 Å². The van der Waals surface area contributed by atoms with Crippen LogP contribution in [0.25, 0.3) is 49.4 Å². The van der Waals surface area contributed by atoms with E-state index in [-0.39, 0.29) is 11.0 Å². The molecule has 13 rings (SSSR count). The molecular formula is C66H54N2S. The lowest BCUT2D eigenvalue weighted by Gasteiger charge is -2.46. The quantitative estimate of drug-likeness (QED) is 0.140. The van der Waals surface area contributed by atoms with E-state index in [0.29, 0.717) is 5.25 Å². The standard InChI is InChI=1S/C66H54N2S/c1-65(2)58-41-46(33-35-54(58)55-36-34-50(43-59(55)65)67(47-20-7-4-8-21-47)48-22-9-5-10-23-48)53-28-17-30-56-60(42-45-19-13-14-26-52(45)63(53)56)68(49-24-11-6-12-25-49)66(3)39-37-44(38-40-66)51-29-18-32-62-64(51)57-27-15-16-31-61(57)69-62/h4-31,33-37,41-43,62H,32,38-40H2,1-3H3. The van der Waals surface area contributed by atoms with Crippen LogP contribution in [0.4, 0.5) is 28.4 Å². The topological polar surface area (TPSA) is 6.48 Å². The minimum absolute atomic E-state index is 0.166. The average Bonchev–Trinajstić information content (AvgIpc) is 3.89. The molecule has 0 saturated heterocycles. The second-order valence-corrected chi connectivity index (χ2v) is 21.4. The van der Waals surface area contributed by atoms with Gasteiger partial charge >= 0.3 is 0 Å². The number of hydrogen-bond acceptors (Lipinski definition) is 3. The Morgan fingerprint density at radius 2 is 1.17 bits per heavy atom. The van der Waals surface area contributed by atoms with Crippen LogP contribution in [-0.4, -0.2) is 10.8 Å². The third kappa shape index (κ3) is 6.84. The SMILES string of the molecule is CC1(C)c2cc(-c3cccc4c(N(c5ccccc5)C5(C)CC=C(C6=C7c8ccccc8SC7CC=C6)CC5)cc5ccccc5c34)ccc2-c2ccc(N(c3ccccc3)c3ccccc3)cc21. The molecule has 0 radical (unpaired) electrons. The van der Waals surface area contributed by atoms with E-state index in [1.807, 2.05) is 11.8 Å². The Bertz CT molecular complexity index is 3550. The summed E-state index contributed by atoms with van der Waals surface area (Å²) in [6.07, 6.45) is 11.6. The summed E-state index contributed by atoms with van der Waals surface area (Å²) >= 11 is 2.04. The zero-order chi connectivity index (χ0) is 46.3. The van der Waals surface area contributed by atoms with E-state index in [1.165, 1.54) is 87.9 Å². The first kappa shape index (κ1) is 41.8. The van der Waals surface area contributed by atoms with Crippen LogP contribution in [-0.2, 0) is 5.41 Å². The molecule has 4 aliphatic rings. The van der Waals surface area contributed by atoms with Crippen molar-refractivity contribution >= 4 is 67.3 Å². The maximum Gasteiger partial charge on any atom is 0.0502 e. The molecule has 1 heterocycles. The van der Waals surface area contributed by atoms with Crippen LogP contribution in [0.1, 0.15) is 63.1 Å². The summed E-state index contributed by atoms with van der Waals surface area (Å²) in [5, 5.41) is 5.64. The Balaban J connectivity index is 0.920. The number of allylic oxidation sites excluding steroid dienone is 4. The first-order chi connectivity index (χ1) is 33.8. The number of para-hydroxylation sites is 3. The Hall–Kier alpha value is -7.33. The lowest BCUT2D eigenvalue weighted by molar-refractivity contribution is 0.413. The second kappa shape index (κ2) is 16.4. The van der Waals surface area contributed by atoms with E-state index >= 15 is 0 Å². The number of anilines is 5. The molecule has 0 aromatic heterocycles.